The van der Waals surface area contributed by atoms with E-state index in [1.807, 2.05) is 0 Å². The van der Waals surface area contributed by atoms with Crippen LogP contribution in [0.3, 0.4) is 0 Å². The van der Waals surface area contributed by atoms with Gasteiger partial charge in [-0.3, -0.25) is 10.1 Å². The minimum absolute atomic E-state index is 0.0876. The fourth-order valence-electron chi connectivity index (χ4n) is 2.14. The second-order valence-electron chi connectivity index (χ2n) is 6.15. The van der Waals surface area contributed by atoms with Crippen LogP contribution < -0.4 is 5.32 Å². The maximum absolute atomic E-state index is 11.7. The van der Waals surface area contributed by atoms with Crippen molar-refractivity contribution < 1.29 is 19.4 Å². The summed E-state index contributed by atoms with van der Waals surface area (Å²) in [5, 5.41) is 12.1. The molecule has 0 spiro atoms. The van der Waals surface area contributed by atoms with Crippen molar-refractivity contribution in [3.8, 4) is 0 Å². The normalized spacial score (nSPS) is 20.8. The van der Waals surface area contributed by atoms with Gasteiger partial charge in [0.05, 0.1) is 5.92 Å². The second kappa shape index (κ2) is 5.56. The fraction of sp³-hybridized carbons (Fsp3) is 0.467. The molecule has 21 heavy (non-hydrogen) atoms. The van der Waals surface area contributed by atoms with E-state index >= 15 is 0 Å². The summed E-state index contributed by atoms with van der Waals surface area (Å²) in [6.45, 7) is 5.34. The lowest BCUT2D eigenvalue weighted by Crippen LogP contribution is -2.27. The first-order chi connectivity index (χ1) is 9.67. The number of anilines is 1. The van der Waals surface area contributed by atoms with Gasteiger partial charge in [0.25, 0.3) is 0 Å². The molecule has 0 radical (unpaired) electrons. The lowest BCUT2D eigenvalue weighted by Gasteiger charge is -2.20. The van der Waals surface area contributed by atoms with Crippen LogP contribution in [0.5, 0.6) is 0 Å². The Kier molecular flexibility index (Phi) is 4.14. The van der Waals surface area contributed by atoms with Crippen molar-refractivity contribution in [1.29, 1.82) is 0 Å². The first-order valence-electron chi connectivity index (χ1n) is 6.69. The van der Waals surface area contributed by atoms with Crippen molar-refractivity contribution in [3.05, 3.63) is 28.8 Å². The molecule has 5 nitrogen and oxygen atoms in total. The van der Waals surface area contributed by atoms with Gasteiger partial charge in [-0.05, 0) is 56.9 Å². The third kappa shape index (κ3) is 4.11. The van der Waals surface area contributed by atoms with E-state index < -0.39 is 17.7 Å². The van der Waals surface area contributed by atoms with Crippen molar-refractivity contribution in [2.24, 2.45) is 5.92 Å². The van der Waals surface area contributed by atoms with E-state index in [0.717, 1.165) is 5.56 Å². The summed E-state index contributed by atoms with van der Waals surface area (Å²) in [7, 11) is 0. The topological polar surface area (TPSA) is 75.6 Å². The molecule has 114 valence electrons. The van der Waals surface area contributed by atoms with Gasteiger partial charge in [0.2, 0.25) is 0 Å². The van der Waals surface area contributed by atoms with Crippen molar-refractivity contribution in [1.82, 2.24) is 0 Å². The molecule has 1 aromatic rings. The van der Waals surface area contributed by atoms with Gasteiger partial charge in [0, 0.05) is 10.7 Å². The van der Waals surface area contributed by atoms with E-state index in [2.05, 4.69) is 5.32 Å². The molecule has 0 bridgehead atoms. The van der Waals surface area contributed by atoms with Crippen LogP contribution in [0, 0.1) is 5.92 Å². The van der Waals surface area contributed by atoms with Crippen molar-refractivity contribution in [3.63, 3.8) is 0 Å². The summed E-state index contributed by atoms with van der Waals surface area (Å²) in [4.78, 5) is 22.7. The number of carboxylic acids is 1. The number of hydrogen-bond acceptors (Lipinski definition) is 3. The van der Waals surface area contributed by atoms with Gasteiger partial charge in [-0.2, -0.15) is 0 Å². The third-order valence-electron chi connectivity index (χ3n) is 3.15. The number of nitrogens with one attached hydrogen (secondary N) is 1. The molecule has 1 saturated carbocycles. The number of halogens is 1. The Morgan fingerprint density at radius 2 is 2.05 bits per heavy atom. The van der Waals surface area contributed by atoms with Crippen molar-refractivity contribution >= 4 is 29.4 Å². The first-order valence-corrected chi connectivity index (χ1v) is 7.07. The maximum atomic E-state index is 11.7. The van der Waals surface area contributed by atoms with E-state index in [0.29, 0.717) is 17.1 Å². The Balaban J connectivity index is 2.09. The van der Waals surface area contributed by atoms with Gasteiger partial charge in [0.15, 0.2) is 0 Å². The predicted octanol–water partition coefficient (Wildman–Crippen LogP) is 3.88. The van der Waals surface area contributed by atoms with E-state index in [-0.39, 0.29) is 11.8 Å². The predicted molar refractivity (Wildman–Crippen MR) is 79.8 cm³/mol. The van der Waals surface area contributed by atoms with Crippen LogP contribution in [0.2, 0.25) is 5.02 Å². The van der Waals surface area contributed by atoms with Gasteiger partial charge in [-0.15, -0.1) is 0 Å². The molecule has 1 aliphatic rings. The smallest absolute Gasteiger partial charge is 0.412 e. The Bertz CT molecular complexity index is 580. The van der Waals surface area contributed by atoms with Gasteiger partial charge in [0.1, 0.15) is 5.60 Å². The summed E-state index contributed by atoms with van der Waals surface area (Å²) >= 11 is 6.11. The van der Waals surface area contributed by atoms with E-state index in [4.69, 9.17) is 21.4 Å². The Labute approximate surface area is 128 Å². The molecule has 1 fully saturated rings. The van der Waals surface area contributed by atoms with Crippen LogP contribution in [0.15, 0.2) is 18.2 Å². The number of carbonyl (C=O) groups excluding carboxylic acids is 1. The molecular weight excluding hydrogens is 294 g/mol. The molecule has 1 aliphatic carbocycles. The highest BCUT2D eigenvalue weighted by molar-refractivity contribution is 6.31. The average Bonchev–Trinajstić information content (AvgIpc) is 3.09. The molecule has 2 atom stereocenters. The molecule has 6 heteroatoms. The number of rotatable bonds is 3. The molecule has 2 N–H and O–H groups in total. The van der Waals surface area contributed by atoms with Gasteiger partial charge in [-0.1, -0.05) is 11.6 Å². The molecule has 0 unspecified atom stereocenters. The number of carbonyl (C=O) groups is 2. The van der Waals surface area contributed by atoms with Crippen molar-refractivity contribution in [2.75, 3.05) is 5.32 Å². The SMILES string of the molecule is CC(C)(C)OC(=O)Nc1ccc(Cl)c([C@H]2C[C@H]2C(=O)O)c1. The standard InChI is InChI=1S/C15H18ClNO4/c1-15(2,3)21-14(20)17-8-4-5-12(16)10(6-8)9-7-11(9)13(18)19/h4-6,9,11H,7H2,1-3H3,(H,17,20)(H,18,19)/t9-,11-/m1/s1. The van der Waals surface area contributed by atoms with E-state index in [9.17, 15) is 9.59 Å². The molecule has 1 amide bonds. The number of amides is 1. The second-order valence-corrected chi connectivity index (χ2v) is 6.56. The van der Waals surface area contributed by atoms with Gasteiger partial charge in [-0.25, -0.2) is 4.79 Å². The van der Waals surface area contributed by atoms with Crippen LogP contribution in [-0.4, -0.2) is 22.8 Å². The monoisotopic (exact) mass is 311 g/mol. The highest BCUT2D eigenvalue weighted by Crippen LogP contribution is 2.50. The summed E-state index contributed by atoms with van der Waals surface area (Å²) < 4.78 is 5.17. The highest BCUT2D eigenvalue weighted by atomic mass is 35.5. The van der Waals surface area contributed by atoms with Crippen LogP contribution in [0.4, 0.5) is 10.5 Å². The number of carboxylic acid groups (broad SMARTS) is 1. The Hall–Kier alpha value is -1.75. The lowest BCUT2D eigenvalue weighted by molar-refractivity contribution is -0.138. The van der Waals surface area contributed by atoms with Crippen LogP contribution in [0.1, 0.15) is 38.7 Å². The Morgan fingerprint density at radius 1 is 1.38 bits per heavy atom. The maximum Gasteiger partial charge on any atom is 0.412 e. The minimum Gasteiger partial charge on any atom is -0.481 e. The Morgan fingerprint density at radius 3 is 2.57 bits per heavy atom. The molecule has 0 saturated heterocycles. The zero-order valence-electron chi connectivity index (χ0n) is 12.1. The van der Waals surface area contributed by atoms with Crippen LogP contribution in [-0.2, 0) is 9.53 Å². The molecule has 2 rings (SSSR count). The highest BCUT2D eigenvalue weighted by Gasteiger charge is 2.45. The number of aliphatic carboxylic acids is 1. The zero-order chi connectivity index (χ0) is 15.8. The number of ether oxygens (including phenoxy) is 1. The largest absolute Gasteiger partial charge is 0.481 e. The third-order valence-corrected chi connectivity index (χ3v) is 3.49. The van der Waals surface area contributed by atoms with Gasteiger partial charge >= 0.3 is 12.1 Å². The molecule has 0 aliphatic heterocycles. The summed E-state index contributed by atoms with van der Waals surface area (Å²) in [5.41, 5.74) is 0.710. The summed E-state index contributed by atoms with van der Waals surface area (Å²) in [5.74, 6) is -1.30. The molecule has 0 heterocycles. The molecule has 0 aromatic heterocycles. The van der Waals surface area contributed by atoms with E-state index in [1.54, 1.807) is 39.0 Å². The molecular formula is C15H18ClNO4. The summed E-state index contributed by atoms with van der Waals surface area (Å²) in [6.07, 6.45) is 0.0200. The van der Waals surface area contributed by atoms with E-state index in [1.165, 1.54) is 0 Å². The fourth-order valence-corrected chi connectivity index (χ4v) is 2.40. The van der Waals surface area contributed by atoms with Crippen molar-refractivity contribution in [2.45, 2.75) is 38.7 Å². The van der Waals surface area contributed by atoms with Crippen LogP contribution >= 0.6 is 11.6 Å². The lowest BCUT2D eigenvalue weighted by atomic mass is 10.1. The number of hydrogen-bond donors (Lipinski definition) is 2. The average molecular weight is 312 g/mol. The summed E-state index contributed by atoms with van der Waals surface area (Å²) in [6, 6.07) is 5.02. The van der Waals surface area contributed by atoms with Crippen LogP contribution in [0.25, 0.3) is 0 Å². The quantitative estimate of drug-likeness (QED) is 0.888. The van der Waals surface area contributed by atoms with Gasteiger partial charge < -0.3 is 9.84 Å². The molecule has 1 aromatic carbocycles. The number of benzene rings is 1. The minimum atomic E-state index is -0.818. The first kappa shape index (κ1) is 15.6. The zero-order valence-corrected chi connectivity index (χ0v) is 12.9.